The van der Waals surface area contributed by atoms with E-state index in [1.807, 2.05) is 0 Å². The number of amides is 2. The molecule has 0 saturated carbocycles. The molecule has 2 rings (SSSR count). The van der Waals surface area contributed by atoms with Gasteiger partial charge in [-0.15, -0.1) is 0 Å². The molecular formula is C20H31N3O3. The number of rotatable bonds is 8. The molecule has 1 aromatic rings. The normalized spacial score (nSPS) is 16.3. The zero-order valence-electron chi connectivity index (χ0n) is 16.1. The van der Waals surface area contributed by atoms with Crippen LogP contribution in [0.5, 0.6) is 0 Å². The van der Waals surface area contributed by atoms with Crippen molar-refractivity contribution in [1.29, 1.82) is 0 Å². The molecule has 1 aliphatic rings. The molecule has 0 aromatic heterocycles. The van der Waals surface area contributed by atoms with Crippen LogP contribution in [0.4, 0.5) is 5.69 Å². The molecule has 6 nitrogen and oxygen atoms in total. The lowest BCUT2D eigenvalue weighted by atomic mass is 9.92. The lowest BCUT2D eigenvalue weighted by molar-refractivity contribution is -0.114. The Hall–Kier alpha value is -1.92. The molecule has 6 heteroatoms. The van der Waals surface area contributed by atoms with Gasteiger partial charge in [-0.2, -0.15) is 0 Å². The van der Waals surface area contributed by atoms with E-state index < -0.39 is 0 Å². The number of carbonyl (C=O) groups excluding carboxylic acids is 2. The van der Waals surface area contributed by atoms with Gasteiger partial charge in [0.2, 0.25) is 5.91 Å². The van der Waals surface area contributed by atoms with E-state index in [9.17, 15) is 9.59 Å². The predicted octanol–water partition coefficient (Wildman–Crippen LogP) is 2.51. The molecule has 2 amide bonds. The number of morpholine rings is 1. The Balaban J connectivity index is 1.97. The summed E-state index contributed by atoms with van der Waals surface area (Å²) in [5, 5.41) is 5.80. The highest BCUT2D eigenvalue weighted by Crippen LogP contribution is 2.20. The lowest BCUT2D eigenvalue weighted by Crippen LogP contribution is -2.52. The fourth-order valence-electron chi connectivity index (χ4n) is 3.54. The number of hydrogen-bond acceptors (Lipinski definition) is 4. The maximum absolute atomic E-state index is 12.5. The first-order chi connectivity index (χ1) is 12.5. The molecule has 26 heavy (non-hydrogen) atoms. The minimum atomic E-state index is -0.124. The molecular weight excluding hydrogens is 330 g/mol. The van der Waals surface area contributed by atoms with Crippen LogP contribution in [0.1, 0.15) is 44.0 Å². The molecule has 0 aliphatic carbocycles. The smallest absolute Gasteiger partial charge is 0.251 e. The maximum Gasteiger partial charge on any atom is 0.251 e. The van der Waals surface area contributed by atoms with Crippen LogP contribution in [-0.4, -0.2) is 55.6 Å². The SMILES string of the molecule is CCC(CC)C(CNC(=O)c1ccc(NC(C)=O)cc1)N1CCOCC1. The average Bonchev–Trinajstić information content (AvgIpc) is 2.65. The first-order valence-electron chi connectivity index (χ1n) is 9.52. The topological polar surface area (TPSA) is 70.7 Å². The van der Waals surface area contributed by atoms with Crippen molar-refractivity contribution in [2.45, 2.75) is 39.7 Å². The van der Waals surface area contributed by atoms with Crippen molar-refractivity contribution in [3.63, 3.8) is 0 Å². The van der Waals surface area contributed by atoms with Crippen LogP contribution in [0.3, 0.4) is 0 Å². The van der Waals surface area contributed by atoms with Crippen molar-refractivity contribution in [2.75, 3.05) is 38.2 Å². The summed E-state index contributed by atoms with van der Waals surface area (Å²) in [6.07, 6.45) is 2.19. The van der Waals surface area contributed by atoms with Crippen LogP contribution in [0.2, 0.25) is 0 Å². The van der Waals surface area contributed by atoms with E-state index in [1.54, 1.807) is 24.3 Å². The molecule has 0 spiro atoms. The third-order valence-corrected chi connectivity index (χ3v) is 5.05. The zero-order chi connectivity index (χ0) is 18.9. The summed E-state index contributed by atoms with van der Waals surface area (Å²) in [5.41, 5.74) is 1.29. The van der Waals surface area contributed by atoms with E-state index in [-0.39, 0.29) is 11.8 Å². The number of carbonyl (C=O) groups is 2. The summed E-state index contributed by atoms with van der Waals surface area (Å²) in [6, 6.07) is 7.30. The second-order valence-corrected chi connectivity index (χ2v) is 6.76. The number of hydrogen-bond donors (Lipinski definition) is 2. The van der Waals surface area contributed by atoms with E-state index >= 15 is 0 Å². The number of benzene rings is 1. The van der Waals surface area contributed by atoms with E-state index in [1.165, 1.54) is 6.92 Å². The standard InChI is InChI=1S/C20H31N3O3/c1-4-16(5-2)19(23-10-12-26-13-11-23)14-21-20(25)17-6-8-18(9-7-17)22-15(3)24/h6-9,16,19H,4-5,10-14H2,1-3H3,(H,21,25)(H,22,24). The van der Waals surface area contributed by atoms with Crippen LogP contribution < -0.4 is 10.6 Å². The van der Waals surface area contributed by atoms with Gasteiger partial charge in [0.1, 0.15) is 0 Å². The molecule has 1 aromatic carbocycles. The van der Waals surface area contributed by atoms with Crippen molar-refractivity contribution in [2.24, 2.45) is 5.92 Å². The maximum atomic E-state index is 12.5. The quantitative estimate of drug-likeness (QED) is 0.746. The summed E-state index contributed by atoms with van der Waals surface area (Å²) in [6.45, 7) is 9.88. The number of ether oxygens (including phenoxy) is 1. The number of nitrogens with one attached hydrogen (secondary N) is 2. The summed E-state index contributed by atoms with van der Waals surface area (Å²) >= 11 is 0. The molecule has 1 fully saturated rings. The minimum absolute atomic E-state index is 0.0800. The molecule has 1 aliphatic heterocycles. The largest absolute Gasteiger partial charge is 0.379 e. The first kappa shape index (κ1) is 20.4. The number of nitrogens with zero attached hydrogens (tertiary/aromatic N) is 1. The summed E-state index contributed by atoms with van der Waals surface area (Å²) in [7, 11) is 0. The second kappa shape index (κ2) is 10.3. The molecule has 1 atom stereocenters. The van der Waals surface area contributed by atoms with Gasteiger partial charge >= 0.3 is 0 Å². The van der Waals surface area contributed by atoms with Crippen molar-refractivity contribution in [1.82, 2.24) is 10.2 Å². The van der Waals surface area contributed by atoms with Crippen molar-refractivity contribution in [3.8, 4) is 0 Å². The van der Waals surface area contributed by atoms with Crippen molar-refractivity contribution >= 4 is 17.5 Å². The van der Waals surface area contributed by atoms with E-state index in [4.69, 9.17) is 4.74 Å². The van der Waals surface area contributed by atoms with Gasteiger partial charge < -0.3 is 15.4 Å². The molecule has 1 unspecified atom stereocenters. The Morgan fingerprint density at radius 2 is 1.73 bits per heavy atom. The van der Waals surface area contributed by atoms with Gasteiger partial charge in [0.05, 0.1) is 13.2 Å². The Labute approximate surface area is 156 Å². The minimum Gasteiger partial charge on any atom is -0.379 e. The van der Waals surface area contributed by atoms with E-state index in [2.05, 4.69) is 29.4 Å². The van der Waals surface area contributed by atoms with E-state index in [0.29, 0.717) is 29.8 Å². The fraction of sp³-hybridized carbons (Fsp3) is 0.600. The molecule has 1 saturated heterocycles. The van der Waals surface area contributed by atoms with Crippen LogP contribution in [0.25, 0.3) is 0 Å². The Morgan fingerprint density at radius 3 is 2.27 bits per heavy atom. The van der Waals surface area contributed by atoms with E-state index in [0.717, 1.165) is 39.1 Å². The van der Waals surface area contributed by atoms with Gasteiger partial charge in [-0.1, -0.05) is 26.7 Å². The van der Waals surface area contributed by atoms with Gasteiger partial charge in [-0.3, -0.25) is 14.5 Å². The molecule has 0 radical (unpaired) electrons. The van der Waals surface area contributed by atoms with Gasteiger partial charge in [0.15, 0.2) is 0 Å². The first-order valence-corrected chi connectivity index (χ1v) is 9.52. The van der Waals surface area contributed by atoms with Gasteiger partial charge in [-0.25, -0.2) is 0 Å². The number of anilines is 1. The summed E-state index contributed by atoms with van der Waals surface area (Å²) in [5.74, 6) is 0.347. The molecule has 1 heterocycles. The third kappa shape index (κ3) is 5.81. The van der Waals surface area contributed by atoms with Crippen LogP contribution in [0.15, 0.2) is 24.3 Å². The lowest BCUT2D eigenvalue weighted by Gasteiger charge is -2.38. The monoisotopic (exact) mass is 361 g/mol. The van der Waals surface area contributed by atoms with Crippen LogP contribution in [-0.2, 0) is 9.53 Å². The molecule has 2 N–H and O–H groups in total. The highest BCUT2D eigenvalue weighted by atomic mass is 16.5. The Morgan fingerprint density at radius 1 is 1.12 bits per heavy atom. The highest BCUT2D eigenvalue weighted by Gasteiger charge is 2.27. The van der Waals surface area contributed by atoms with Crippen LogP contribution in [0, 0.1) is 5.92 Å². The van der Waals surface area contributed by atoms with Crippen LogP contribution >= 0.6 is 0 Å². The fourth-order valence-corrected chi connectivity index (χ4v) is 3.54. The van der Waals surface area contributed by atoms with Gasteiger partial charge in [0.25, 0.3) is 5.91 Å². The molecule has 0 bridgehead atoms. The summed E-state index contributed by atoms with van der Waals surface area (Å²) in [4.78, 5) is 26.0. The Bertz CT molecular complexity index is 578. The second-order valence-electron chi connectivity index (χ2n) is 6.76. The van der Waals surface area contributed by atoms with Gasteiger partial charge in [-0.05, 0) is 30.2 Å². The van der Waals surface area contributed by atoms with Crippen molar-refractivity contribution in [3.05, 3.63) is 29.8 Å². The zero-order valence-corrected chi connectivity index (χ0v) is 16.1. The third-order valence-electron chi connectivity index (χ3n) is 5.05. The highest BCUT2D eigenvalue weighted by molar-refractivity contribution is 5.95. The predicted molar refractivity (Wildman–Crippen MR) is 103 cm³/mol. The molecule has 144 valence electrons. The Kier molecular flexibility index (Phi) is 8.06. The van der Waals surface area contributed by atoms with Crippen molar-refractivity contribution < 1.29 is 14.3 Å². The van der Waals surface area contributed by atoms with Gasteiger partial charge in [0, 0.05) is 43.9 Å². The average molecular weight is 361 g/mol. The summed E-state index contributed by atoms with van der Waals surface area (Å²) < 4.78 is 5.47.